The molecule has 0 fully saturated rings. The van der Waals surface area contributed by atoms with Crippen LogP contribution in [-0.4, -0.2) is 25.0 Å². The Morgan fingerprint density at radius 2 is 1.79 bits per heavy atom. The predicted octanol–water partition coefficient (Wildman–Crippen LogP) is 3.17. The summed E-state index contributed by atoms with van der Waals surface area (Å²) in [5, 5.41) is 6.02. The Labute approximate surface area is 146 Å². The number of halogens is 1. The molecule has 2 amide bonds. The molecule has 24 heavy (non-hydrogen) atoms. The van der Waals surface area contributed by atoms with Crippen LogP contribution in [-0.2, 0) is 9.59 Å². The third kappa shape index (κ3) is 5.59. The molecule has 0 saturated carbocycles. The Morgan fingerprint density at radius 1 is 1.04 bits per heavy atom. The lowest BCUT2D eigenvalue weighted by Gasteiger charge is -2.10. The molecule has 0 aromatic heterocycles. The van der Waals surface area contributed by atoms with E-state index in [1.54, 1.807) is 30.3 Å². The van der Waals surface area contributed by atoms with Crippen LogP contribution in [0.4, 0.5) is 5.69 Å². The van der Waals surface area contributed by atoms with Crippen LogP contribution in [0.2, 0.25) is 5.02 Å². The molecule has 2 N–H and O–H groups in total. The Morgan fingerprint density at radius 3 is 2.54 bits per heavy atom. The standard InChI is InChI=1S/C18H19ClN2O3/c1-13-15(19)8-5-9-16(13)21-17(22)10-11-20-18(23)12-24-14-6-3-2-4-7-14/h2-9H,10-12H2,1H3,(H,20,23)(H,21,22). The molecule has 0 bridgehead atoms. The molecule has 2 rings (SSSR count). The average Bonchev–Trinajstić information content (AvgIpc) is 2.58. The van der Waals surface area contributed by atoms with Crippen molar-refractivity contribution in [2.24, 2.45) is 0 Å². The van der Waals surface area contributed by atoms with E-state index in [9.17, 15) is 9.59 Å². The van der Waals surface area contributed by atoms with Gasteiger partial charge in [-0.1, -0.05) is 35.9 Å². The number of nitrogens with one attached hydrogen (secondary N) is 2. The SMILES string of the molecule is Cc1c(Cl)cccc1NC(=O)CCNC(=O)COc1ccccc1. The second kappa shape index (κ2) is 8.93. The lowest BCUT2D eigenvalue weighted by molar-refractivity contribution is -0.123. The maximum Gasteiger partial charge on any atom is 0.257 e. The van der Waals surface area contributed by atoms with E-state index in [0.717, 1.165) is 5.56 Å². The lowest BCUT2D eigenvalue weighted by Crippen LogP contribution is -2.31. The molecule has 0 spiro atoms. The highest BCUT2D eigenvalue weighted by atomic mass is 35.5. The fraction of sp³-hybridized carbons (Fsp3) is 0.222. The van der Waals surface area contributed by atoms with Gasteiger partial charge in [0.05, 0.1) is 0 Å². The number of rotatable bonds is 7. The average molecular weight is 347 g/mol. The Balaban J connectivity index is 1.68. The van der Waals surface area contributed by atoms with Crippen LogP contribution in [0.5, 0.6) is 5.75 Å². The summed E-state index contributed by atoms with van der Waals surface area (Å²) in [5.41, 5.74) is 1.49. The highest BCUT2D eigenvalue weighted by Crippen LogP contribution is 2.22. The summed E-state index contributed by atoms with van der Waals surface area (Å²) in [6, 6.07) is 14.4. The fourth-order valence-electron chi connectivity index (χ4n) is 1.99. The minimum absolute atomic E-state index is 0.0843. The third-order valence-corrected chi connectivity index (χ3v) is 3.74. The molecular formula is C18H19ClN2O3. The van der Waals surface area contributed by atoms with Crippen molar-refractivity contribution in [2.75, 3.05) is 18.5 Å². The highest BCUT2D eigenvalue weighted by Gasteiger charge is 2.08. The number of carbonyl (C=O) groups is 2. The Kier molecular flexibility index (Phi) is 6.63. The van der Waals surface area contributed by atoms with E-state index in [4.69, 9.17) is 16.3 Å². The number of ether oxygens (including phenoxy) is 1. The molecule has 2 aromatic carbocycles. The molecule has 0 saturated heterocycles. The first-order chi connectivity index (χ1) is 11.6. The van der Waals surface area contributed by atoms with Gasteiger partial charge < -0.3 is 15.4 Å². The van der Waals surface area contributed by atoms with Gasteiger partial charge >= 0.3 is 0 Å². The van der Waals surface area contributed by atoms with Gasteiger partial charge in [-0.2, -0.15) is 0 Å². The minimum atomic E-state index is -0.273. The molecule has 0 radical (unpaired) electrons. The van der Waals surface area contributed by atoms with Crippen molar-refractivity contribution in [3.05, 3.63) is 59.1 Å². The van der Waals surface area contributed by atoms with Gasteiger partial charge in [0.2, 0.25) is 5.91 Å². The van der Waals surface area contributed by atoms with E-state index < -0.39 is 0 Å². The zero-order chi connectivity index (χ0) is 17.4. The van der Waals surface area contributed by atoms with Crippen molar-refractivity contribution < 1.29 is 14.3 Å². The van der Waals surface area contributed by atoms with Crippen LogP contribution in [0.25, 0.3) is 0 Å². The van der Waals surface area contributed by atoms with E-state index in [-0.39, 0.29) is 31.4 Å². The zero-order valence-electron chi connectivity index (χ0n) is 13.3. The van der Waals surface area contributed by atoms with Crippen LogP contribution in [0.15, 0.2) is 48.5 Å². The minimum Gasteiger partial charge on any atom is -0.484 e. The molecule has 0 aliphatic carbocycles. The zero-order valence-corrected chi connectivity index (χ0v) is 14.1. The number of carbonyl (C=O) groups excluding carboxylic acids is 2. The summed E-state index contributed by atoms with van der Waals surface area (Å²) < 4.78 is 5.32. The van der Waals surface area contributed by atoms with Crippen LogP contribution >= 0.6 is 11.6 Å². The second-order valence-electron chi connectivity index (χ2n) is 5.16. The van der Waals surface area contributed by atoms with Crippen LogP contribution in [0, 0.1) is 6.92 Å². The first-order valence-electron chi connectivity index (χ1n) is 7.56. The van der Waals surface area contributed by atoms with Crippen molar-refractivity contribution in [2.45, 2.75) is 13.3 Å². The van der Waals surface area contributed by atoms with Gasteiger partial charge in [0.1, 0.15) is 5.75 Å². The van der Waals surface area contributed by atoms with Crippen molar-refractivity contribution in [3.8, 4) is 5.75 Å². The number of anilines is 1. The first kappa shape index (κ1) is 17.8. The summed E-state index contributed by atoms with van der Waals surface area (Å²) in [7, 11) is 0. The molecular weight excluding hydrogens is 328 g/mol. The number of amides is 2. The van der Waals surface area contributed by atoms with Gasteiger partial charge in [-0.3, -0.25) is 9.59 Å². The summed E-state index contributed by atoms with van der Waals surface area (Å²) in [6.45, 7) is 1.99. The second-order valence-corrected chi connectivity index (χ2v) is 5.57. The quantitative estimate of drug-likeness (QED) is 0.809. The summed E-state index contributed by atoms with van der Waals surface area (Å²) in [6.07, 6.45) is 0.170. The van der Waals surface area contributed by atoms with Gasteiger partial charge in [0.15, 0.2) is 6.61 Å². The molecule has 0 aliphatic heterocycles. The van der Waals surface area contributed by atoms with E-state index in [2.05, 4.69) is 10.6 Å². The molecule has 0 heterocycles. The van der Waals surface area contributed by atoms with Crippen molar-refractivity contribution in [1.82, 2.24) is 5.32 Å². The normalized spacial score (nSPS) is 10.1. The smallest absolute Gasteiger partial charge is 0.257 e. The molecule has 0 atom stereocenters. The maximum atomic E-state index is 11.9. The number of benzene rings is 2. The summed E-state index contributed by atoms with van der Waals surface area (Å²) >= 11 is 6.01. The Bertz CT molecular complexity index is 705. The van der Waals surface area contributed by atoms with Gasteiger partial charge in [-0.15, -0.1) is 0 Å². The van der Waals surface area contributed by atoms with Gasteiger partial charge in [0, 0.05) is 23.7 Å². The highest BCUT2D eigenvalue weighted by molar-refractivity contribution is 6.31. The monoisotopic (exact) mass is 346 g/mol. The first-order valence-corrected chi connectivity index (χ1v) is 7.93. The summed E-state index contributed by atoms with van der Waals surface area (Å²) in [5.74, 6) is 0.164. The molecule has 5 nitrogen and oxygen atoms in total. The van der Waals surface area contributed by atoms with E-state index >= 15 is 0 Å². The molecule has 0 aliphatic rings. The van der Waals surface area contributed by atoms with Crippen LogP contribution in [0.1, 0.15) is 12.0 Å². The van der Waals surface area contributed by atoms with Crippen LogP contribution < -0.4 is 15.4 Å². The van der Waals surface area contributed by atoms with E-state index in [1.807, 2.05) is 25.1 Å². The van der Waals surface area contributed by atoms with Gasteiger partial charge in [-0.05, 0) is 36.8 Å². The van der Waals surface area contributed by atoms with E-state index in [1.165, 1.54) is 0 Å². The maximum absolute atomic E-state index is 11.9. The third-order valence-electron chi connectivity index (χ3n) is 3.33. The van der Waals surface area contributed by atoms with Crippen molar-refractivity contribution in [1.29, 1.82) is 0 Å². The van der Waals surface area contributed by atoms with Gasteiger partial charge in [-0.25, -0.2) is 0 Å². The molecule has 2 aromatic rings. The summed E-state index contributed by atoms with van der Waals surface area (Å²) in [4.78, 5) is 23.6. The molecule has 126 valence electrons. The lowest BCUT2D eigenvalue weighted by atomic mass is 10.2. The van der Waals surface area contributed by atoms with Crippen molar-refractivity contribution in [3.63, 3.8) is 0 Å². The topological polar surface area (TPSA) is 67.4 Å². The Hall–Kier alpha value is -2.53. The molecule has 6 heteroatoms. The molecule has 0 unspecified atom stereocenters. The van der Waals surface area contributed by atoms with Gasteiger partial charge in [0.25, 0.3) is 5.91 Å². The number of hydrogen-bond donors (Lipinski definition) is 2. The van der Waals surface area contributed by atoms with Crippen molar-refractivity contribution >= 4 is 29.1 Å². The number of para-hydroxylation sites is 1. The fourth-order valence-corrected chi connectivity index (χ4v) is 2.16. The van der Waals surface area contributed by atoms with Crippen LogP contribution in [0.3, 0.4) is 0 Å². The predicted molar refractivity (Wildman–Crippen MR) is 94.4 cm³/mol. The van der Waals surface area contributed by atoms with E-state index in [0.29, 0.717) is 16.5 Å². The largest absolute Gasteiger partial charge is 0.484 e. The number of hydrogen-bond acceptors (Lipinski definition) is 3.